The molecule has 2 aromatic rings. The van der Waals surface area contributed by atoms with E-state index in [1.165, 1.54) is 0 Å². The third-order valence-electron chi connectivity index (χ3n) is 3.68. The zero-order valence-electron chi connectivity index (χ0n) is 15.5. The molecule has 0 aliphatic carbocycles. The summed E-state index contributed by atoms with van der Waals surface area (Å²) in [4.78, 5) is 36.4. The maximum atomic E-state index is 12.6. The first-order valence-electron chi connectivity index (χ1n) is 8.53. The minimum atomic E-state index is -0.825. The van der Waals surface area contributed by atoms with E-state index in [1.54, 1.807) is 45.2 Å². The summed E-state index contributed by atoms with van der Waals surface area (Å²) >= 11 is 0. The third kappa shape index (κ3) is 5.57. The van der Waals surface area contributed by atoms with Crippen LogP contribution in [-0.4, -0.2) is 30.9 Å². The first-order chi connectivity index (χ1) is 12.9. The molecule has 27 heavy (non-hydrogen) atoms. The summed E-state index contributed by atoms with van der Waals surface area (Å²) in [7, 11) is 1.56. The van der Waals surface area contributed by atoms with E-state index in [9.17, 15) is 14.4 Å². The van der Waals surface area contributed by atoms with Crippen LogP contribution in [0.5, 0.6) is 5.75 Å². The Morgan fingerprint density at radius 3 is 2.33 bits per heavy atom. The van der Waals surface area contributed by atoms with Gasteiger partial charge in [-0.05, 0) is 32.0 Å². The smallest absolute Gasteiger partial charge is 0.313 e. The molecule has 0 spiro atoms. The maximum Gasteiger partial charge on any atom is 0.313 e. The summed E-state index contributed by atoms with van der Waals surface area (Å²) in [6, 6.07) is 13.7. The topological polar surface area (TPSA) is 96.5 Å². The summed E-state index contributed by atoms with van der Waals surface area (Å²) in [5.74, 6) is -1.28. The van der Waals surface area contributed by atoms with Gasteiger partial charge in [0.05, 0.1) is 18.4 Å². The quantitative estimate of drug-likeness (QED) is 0.679. The van der Waals surface area contributed by atoms with E-state index in [2.05, 4.69) is 16.0 Å². The number of anilines is 1. The molecule has 0 atom stereocenters. The van der Waals surface area contributed by atoms with Crippen LogP contribution < -0.4 is 20.7 Å². The molecule has 0 aliphatic rings. The molecule has 0 fully saturated rings. The van der Waals surface area contributed by atoms with Crippen molar-refractivity contribution in [2.45, 2.75) is 26.4 Å². The molecule has 0 saturated heterocycles. The Labute approximate surface area is 158 Å². The van der Waals surface area contributed by atoms with Crippen LogP contribution >= 0.6 is 0 Å². The molecule has 0 radical (unpaired) electrons. The fourth-order valence-corrected chi connectivity index (χ4v) is 2.42. The molecule has 7 nitrogen and oxygen atoms in total. The highest BCUT2D eigenvalue weighted by molar-refractivity contribution is 6.40. The van der Waals surface area contributed by atoms with Gasteiger partial charge < -0.3 is 20.7 Å². The summed E-state index contributed by atoms with van der Waals surface area (Å²) in [5.41, 5.74) is 1.35. The first kappa shape index (κ1) is 20.0. The Kier molecular flexibility index (Phi) is 6.93. The van der Waals surface area contributed by atoms with Crippen molar-refractivity contribution in [3.8, 4) is 5.75 Å². The van der Waals surface area contributed by atoms with Crippen LogP contribution in [0.15, 0.2) is 48.5 Å². The molecule has 0 unspecified atom stereocenters. The van der Waals surface area contributed by atoms with Crippen molar-refractivity contribution in [3.63, 3.8) is 0 Å². The fraction of sp³-hybridized carbons (Fsp3) is 0.250. The number of carbonyl (C=O) groups excluding carboxylic acids is 3. The third-order valence-corrected chi connectivity index (χ3v) is 3.68. The van der Waals surface area contributed by atoms with Gasteiger partial charge in [-0.15, -0.1) is 0 Å². The van der Waals surface area contributed by atoms with Crippen molar-refractivity contribution >= 4 is 23.4 Å². The average Bonchev–Trinajstić information content (AvgIpc) is 2.66. The molecule has 0 aromatic heterocycles. The van der Waals surface area contributed by atoms with Crippen LogP contribution in [0.3, 0.4) is 0 Å². The van der Waals surface area contributed by atoms with Gasteiger partial charge in [-0.25, -0.2) is 0 Å². The number of hydrogen-bond donors (Lipinski definition) is 3. The minimum Gasteiger partial charge on any atom is -0.496 e. The lowest BCUT2D eigenvalue weighted by molar-refractivity contribution is -0.136. The second-order valence-corrected chi connectivity index (χ2v) is 6.12. The van der Waals surface area contributed by atoms with Crippen molar-refractivity contribution in [2.24, 2.45) is 0 Å². The molecule has 0 saturated carbocycles. The molecule has 0 bridgehead atoms. The number of benzene rings is 2. The number of nitrogens with one attached hydrogen (secondary N) is 3. The Morgan fingerprint density at radius 2 is 1.63 bits per heavy atom. The maximum absolute atomic E-state index is 12.6. The Bertz CT molecular complexity index is 833. The fourth-order valence-electron chi connectivity index (χ4n) is 2.42. The minimum absolute atomic E-state index is 0.164. The molecule has 142 valence electrons. The number of methoxy groups -OCH3 is 1. The van der Waals surface area contributed by atoms with Gasteiger partial charge in [0.1, 0.15) is 5.75 Å². The number of amides is 3. The molecule has 3 amide bonds. The van der Waals surface area contributed by atoms with Crippen LogP contribution in [0.1, 0.15) is 29.8 Å². The first-order valence-corrected chi connectivity index (χ1v) is 8.53. The van der Waals surface area contributed by atoms with Crippen LogP contribution in [0, 0.1) is 0 Å². The summed E-state index contributed by atoms with van der Waals surface area (Å²) < 4.78 is 5.26. The van der Waals surface area contributed by atoms with Crippen LogP contribution in [0.2, 0.25) is 0 Å². The molecular formula is C20H23N3O4. The molecule has 2 rings (SSSR count). The zero-order valence-corrected chi connectivity index (χ0v) is 15.5. The second kappa shape index (κ2) is 9.38. The predicted molar refractivity (Wildman–Crippen MR) is 103 cm³/mol. The number of hydrogen-bond acceptors (Lipinski definition) is 4. The highest BCUT2D eigenvalue weighted by atomic mass is 16.5. The Hall–Kier alpha value is -3.35. The van der Waals surface area contributed by atoms with Gasteiger partial charge in [0.25, 0.3) is 5.91 Å². The summed E-state index contributed by atoms with van der Waals surface area (Å²) in [5, 5.41) is 7.78. The van der Waals surface area contributed by atoms with E-state index < -0.39 is 11.8 Å². The molecular weight excluding hydrogens is 346 g/mol. The normalized spacial score (nSPS) is 10.2. The SMILES string of the molecule is COc1ccccc1CNC(=O)c1ccccc1NC(=O)C(=O)NC(C)C. The van der Waals surface area contributed by atoms with E-state index >= 15 is 0 Å². The van der Waals surface area contributed by atoms with Gasteiger partial charge in [0.2, 0.25) is 0 Å². The standard InChI is InChI=1S/C20H23N3O4/c1-13(2)22-19(25)20(26)23-16-10-6-5-9-15(16)18(24)21-12-14-8-4-7-11-17(14)27-3/h4-11,13H,12H2,1-3H3,(H,21,24)(H,22,25)(H,23,26). The van der Waals surface area contributed by atoms with E-state index in [-0.39, 0.29) is 29.7 Å². The highest BCUT2D eigenvalue weighted by Gasteiger charge is 2.18. The Morgan fingerprint density at radius 1 is 0.963 bits per heavy atom. The van der Waals surface area contributed by atoms with E-state index in [0.29, 0.717) is 5.75 Å². The van der Waals surface area contributed by atoms with Gasteiger partial charge >= 0.3 is 11.8 Å². The number of carbonyl (C=O) groups is 3. The largest absolute Gasteiger partial charge is 0.496 e. The Balaban J connectivity index is 2.09. The zero-order chi connectivity index (χ0) is 19.8. The van der Waals surface area contributed by atoms with E-state index in [1.807, 2.05) is 24.3 Å². The van der Waals surface area contributed by atoms with Crippen molar-refractivity contribution in [2.75, 3.05) is 12.4 Å². The van der Waals surface area contributed by atoms with E-state index in [4.69, 9.17) is 4.74 Å². The predicted octanol–water partition coefficient (Wildman–Crippen LogP) is 2.09. The van der Waals surface area contributed by atoms with Crippen molar-refractivity contribution in [1.29, 1.82) is 0 Å². The molecule has 0 aliphatic heterocycles. The highest BCUT2D eigenvalue weighted by Crippen LogP contribution is 2.18. The van der Waals surface area contributed by atoms with Gasteiger partial charge in [-0.3, -0.25) is 14.4 Å². The van der Waals surface area contributed by atoms with Crippen molar-refractivity contribution in [1.82, 2.24) is 10.6 Å². The lowest BCUT2D eigenvalue weighted by Gasteiger charge is -2.13. The lowest BCUT2D eigenvalue weighted by atomic mass is 10.1. The number of rotatable bonds is 6. The molecule has 2 aromatic carbocycles. The van der Waals surface area contributed by atoms with Crippen LogP contribution in [0.4, 0.5) is 5.69 Å². The van der Waals surface area contributed by atoms with Gasteiger partial charge in [-0.1, -0.05) is 30.3 Å². The molecule has 3 N–H and O–H groups in total. The van der Waals surface area contributed by atoms with Crippen LogP contribution in [-0.2, 0) is 16.1 Å². The summed E-state index contributed by atoms with van der Waals surface area (Å²) in [6.45, 7) is 3.77. The lowest BCUT2D eigenvalue weighted by Crippen LogP contribution is -2.39. The van der Waals surface area contributed by atoms with Gasteiger partial charge in [-0.2, -0.15) is 0 Å². The summed E-state index contributed by atoms with van der Waals surface area (Å²) in [6.07, 6.45) is 0. The number of ether oxygens (including phenoxy) is 1. The van der Waals surface area contributed by atoms with Gasteiger partial charge in [0, 0.05) is 18.2 Å². The average molecular weight is 369 g/mol. The van der Waals surface area contributed by atoms with Crippen molar-refractivity contribution in [3.05, 3.63) is 59.7 Å². The van der Waals surface area contributed by atoms with Crippen molar-refractivity contribution < 1.29 is 19.1 Å². The van der Waals surface area contributed by atoms with E-state index in [0.717, 1.165) is 5.56 Å². The second-order valence-electron chi connectivity index (χ2n) is 6.12. The number of para-hydroxylation sites is 2. The van der Waals surface area contributed by atoms with Crippen LogP contribution in [0.25, 0.3) is 0 Å². The van der Waals surface area contributed by atoms with Gasteiger partial charge in [0.15, 0.2) is 0 Å². The monoisotopic (exact) mass is 369 g/mol. The molecule has 0 heterocycles. The molecule has 7 heteroatoms.